The summed E-state index contributed by atoms with van der Waals surface area (Å²) in [5.41, 5.74) is 1.12. The summed E-state index contributed by atoms with van der Waals surface area (Å²) in [7, 11) is 0. The Morgan fingerprint density at radius 3 is 2.71 bits per heavy atom. The van der Waals surface area contributed by atoms with Crippen molar-refractivity contribution < 1.29 is 14.7 Å². The van der Waals surface area contributed by atoms with Crippen molar-refractivity contribution in [2.45, 2.75) is 26.0 Å². The highest BCUT2D eigenvalue weighted by atomic mass is 32.2. The van der Waals surface area contributed by atoms with E-state index in [4.69, 9.17) is 5.11 Å². The number of aromatic nitrogens is 3. The Kier molecular flexibility index (Phi) is 5.97. The molecule has 1 heterocycles. The van der Waals surface area contributed by atoms with Crippen LogP contribution >= 0.6 is 11.8 Å². The summed E-state index contributed by atoms with van der Waals surface area (Å²) >= 11 is 1.61. The van der Waals surface area contributed by atoms with E-state index in [1.54, 1.807) is 36.0 Å². The highest BCUT2D eigenvalue weighted by Gasteiger charge is 2.22. The van der Waals surface area contributed by atoms with Crippen LogP contribution in [0.25, 0.3) is 5.69 Å². The molecule has 1 aromatic heterocycles. The molecule has 2 aromatic rings. The molecule has 0 bridgehead atoms. The molecule has 0 aliphatic rings. The average Bonchev–Trinajstić information content (AvgIpc) is 3.02. The first-order valence-corrected chi connectivity index (χ1v) is 8.65. The van der Waals surface area contributed by atoms with E-state index in [9.17, 15) is 9.59 Å². The topological polar surface area (TPSA) is 97.1 Å². The number of rotatable bonds is 7. The normalized spacial score (nSPS) is 12.2. The summed E-state index contributed by atoms with van der Waals surface area (Å²) in [5.74, 6) is -0.0831. The molecule has 1 aromatic carbocycles. The number of carboxylic acids is 1. The van der Waals surface area contributed by atoms with Gasteiger partial charge in [0.25, 0.3) is 0 Å². The predicted octanol–water partition coefficient (Wildman–Crippen LogP) is 2.68. The number of aromatic carboxylic acids is 1. The lowest BCUT2D eigenvalue weighted by atomic mass is 10.1. The molecule has 0 radical (unpaired) electrons. The van der Waals surface area contributed by atoms with E-state index in [0.717, 1.165) is 5.75 Å². The number of nitrogens with zero attached hydrogens (tertiary/aromatic N) is 3. The van der Waals surface area contributed by atoms with Crippen LogP contribution in [0.1, 0.15) is 31.3 Å². The lowest BCUT2D eigenvalue weighted by molar-refractivity contribution is -0.116. The first kappa shape index (κ1) is 18.0. The fourth-order valence-corrected chi connectivity index (χ4v) is 3.13. The molecule has 24 heavy (non-hydrogen) atoms. The second kappa shape index (κ2) is 7.96. The van der Waals surface area contributed by atoms with Gasteiger partial charge >= 0.3 is 5.97 Å². The fourth-order valence-electron chi connectivity index (χ4n) is 2.18. The Morgan fingerprint density at radius 2 is 2.12 bits per heavy atom. The molecule has 0 aliphatic heterocycles. The summed E-state index contributed by atoms with van der Waals surface area (Å²) < 4.78 is 1.36. The minimum atomic E-state index is -1.14. The van der Waals surface area contributed by atoms with Crippen molar-refractivity contribution in [2.24, 2.45) is 5.92 Å². The number of benzene rings is 1. The van der Waals surface area contributed by atoms with Gasteiger partial charge in [-0.3, -0.25) is 4.79 Å². The van der Waals surface area contributed by atoms with E-state index in [1.807, 2.05) is 20.8 Å². The SMILES string of the molecule is CCSC(C(=O)Nc1cccc(-n2cc(C(=O)O)nn2)c1)C(C)C. The third-order valence-electron chi connectivity index (χ3n) is 3.30. The predicted molar refractivity (Wildman–Crippen MR) is 93.7 cm³/mol. The molecule has 0 saturated heterocycles. The van der Waals surface area contributed by atoms with Gasteiger partial charge in [-0.25, -0.2) is 9.48 Å². The molecule has 2 N–H and O–H groups in total. The first-order chi connectivity index (χ1) is 11.4. The van der Waals surface area contributed by atoms with Gasteiger partial charge in [0.05, 0.1) is 17.1 Å². The molecular weight excluding hydrogens is 328 g/mol. The van der Waals surface area contributed by atoms with Gasteiger partial charge in [0.2, 0.25) is 5.91 Å². The van der Waals surface area contributed by atoms with Crippen LogP contribution in [0.3, 0.4) is 0 Å². The lowest BCUT2D eigenvalue weighted by Crippen LogP contribution is -2.29. The molecule has 0 saturated carbocycles. The van der Waals surface area contributed by atoms with Crippen molar-refractivity contribution in [3.8, 4) is 5.69 Å². The molecule has 128 valence electrons. The van der Waals surface area contributed by atoms with Gasteiger partial charge in [-0.05, 0) is 29.9 Å². The molecule has 1 amide bonds. The number of carbonyl (C=O) groups is 2. The van der Waals surface area contributed by atoms with Crippen molar-refractivity contribution in [3.05, 3.63) is 36.2 Å². The largest absolute Gasteiger partial charge is 0.476 e. The molecule has 2 rings (SSSR count). The molecular formula is C16H20N4O3S. The fraction of sp³-hybridized carbons (Fsp3) is 0.375. The van der Waals surface area contributed by atoms with E-state index in [2.05, 4.69) is 15.6 Å². The maximum absolute atomic E-state index is 12.4. The van der Waals surface area contributed by atoms with Crippen LogP contribution in [0.4, 0.5) is 5.69 Å². The summed E-state index contributed by atoms with van der Waals surface area (Å²) in [5, 5.41) is 19.1. The zero-order chi connectivity index (χ0) is 17.7. The van der Waals surface area contributed by atoms with Crippen LogP contribution in [0.2, 0.25) is 0 Å². The zero-order valence-corrected chi connectivity index (χ0v) is 14.6. The molecule has 0 aliphatic carbocycles. The quantitative estimate of drug-likeness (QED) is 0.798. The standard InChI is InChI=1S/C16H20N4O3S/c1-4-24-14(10(2)3)15(21)17-11-6-5-7-12(8-11)20-9-13(16(22)23)18-19-20/h5-10,14H,4H2,1-3H3,(H,17,21)(H,22,23). The van der Waals surface area contributed by atoms with E-state index in [1.165, 1.54) is 10.9 Å². The highest BCUT2D eigenvalue weighted by Crippen LogP contribution is 2.22. The van der Waals surface area contributed by atoms with E-state index < -0.39 is 5.97 Å². The second-order valence-corrected chi connectivity index (χ2v) is 6.93. The van der Waals surface area contributed by atoms with Gasteiger partial charge in [0, 0.05) is 5.69 Å². The third-order valence-corrected chi connectivity index (χ3v) is 4.75. The summed E-state index contributed by atoms with van der Waals surface area (Å²) in [6.45, 7) is 6.07. The minimum Gasteiger partial charge on any atom is -0.476 e. The Bertz CT molecular complexity index is 730. The maximum atomic E-state index is 12.4. The molecule has 1 unspecified atom stereocenters. The number of nitrogens with one attached hydrogen (secondary N) is 1. The van der Waals surface area contributed by atoms with Crippen LogP contribution < -0.4 is 5.32 Å². The van der Waals surface area contributed by atoms with Gasteiger partial charge in [-0.1, -0.05) is 32.1 Å². The Labute approximate surface area is 144 Å². The van der Waals surface area contributed by atoms with Gasteiger partial charge in [0.1, 0.15) is 0 Å². The average molecular weight is 348 g/mol. The van der Waals surface area contributed by atoms with Crippen molar-refractivity contribution in [3.63, 3.8) is 0 Å². The lowest BCUT2D eigenvalue weighted by Gasteiger charge is -2.19. The molecule has 8 heteroatoms. The number of hydrogen-bond donors (Lipinski definition) is 2. The van der Waals surface area contributed by atoms with Crippen molar-refractivity contribution >= 4 is 29.3 Å². The molecule has 7 nitrogen and oxygen atoms in total. The van der Waals surface area contributed by atoms with Crippen molar-refractivity contribution in [2.75, 3.05) is 11.1 Å². The minimum absolute atomic E-state index is 0.0428. The monoisotopic (exact) mass is 348 g/mol. The summed E-state index contributed by atoms with van der Waals surface area (Å²) in [6.07, 6.45) is 1.33. The number of carboxylic acid groups (broad SMARTS) is 1. The van der Waals surface area contributed by atoms with Gasteiger partial charge < -0.3 is 10.4 Å². The number of amides is 1. The molecule has 0 fully saturated rings. The number of carbonyl (C=O) groups excluding carboxylic acids is 1. The van der Waals surface area contributed by atoms with E-state index in [0.29, 0.717) is 11.4 Å². The Hall–Kier alpha value is -2.35. The van der Waals surface area contributed by atoms with Gasteiger partial charge in [-0.15, -0.1) is 16.9 Å². The van der Waals surface area contributed by atoms with Crippen molar-refractivity contribution in [1.82, 2.24) is 15.0 Å². The molecule has 1 atom stereocenters. The Balaban J connectivity index is 2.17. The van der Waals surface area contributed by atoms with Crippen molar-refractivity contribution in [1.29, 1.82) is 0 Å². The number of anilines is 1. The molecule has 0 spiro atoms. The van der Waals surface area contributed by atoms with Crippen LogP contribution in [0, 0.1) is 5.92 Å². The van der Waals surface area contributed by atoms with E-state index >= 15 is 0 Å². The first-order valence-electron chi connectivity index (χ1n) is 7.61. The van der Waals surface area contributed by atoms with Crippen LogP contribution in [0.5, 0.6) is 0 Å². The summed E-state index contributed by atoms with van der Waals surface area (Å²) in [4.78, 5) is 23.3. The smallest absolute Gasteiger partial charge is 0.358 e. The summed E-state index contributed by atoms with van der Waals surface area (Å²) in [6, 6.07) is 7.04. The van der Waals surface area contributed by atoms with Crippen LogP contribution in [-0.4, -0.2) is 43.0 Å². The van der Waals surface area contributed by atoms with Gasteiger partial charge in [-0.2, -0.15) is 0 Å². The third kappa shape index (κ3) is 4.35. The van der Waals surface area contributed by atoms with Gasteiger partial charge in [0.15, 0.2) is 5.69 Å². The van der Waals surface area contributed by atoms with Crippen LogP contribution in [0.15, 0.2) is 30.5 Å². The Morgan fingerprint density at radius 1 is 1.38 bits per heavy atom. The number of hydrogen-bond acceptors (Lipinski definition) is 5. The zero-order valence-electron chi connectivity index (χ0n) is 13.8. The van der Waals surface area contributed by atoms with E-state index in [-0.39, 0.29) is 22.8 Å². The maximum Gasteiger partial charge on any atom is 0.358 e. The van der Waals surface area contributed by atoms with Crippen LogP contribution in [-0.2, 0) is 4.79 Å². The number of thioether (sulfide) groups is 1. The highest BCUT2D eigenvalue weighted by molar-refractivity contribution is 8.00. The second-order valence-electron chi connectivity index (χ2n) is 5.51.